The minimum absolute atomic E-state index is 0.109. The van der Waals surface area contributed by atoms with E-state index < -0.39 is 0 Å². The molecule has 3 N–H and O–H groups in total. The summed E-state index contributed by atoms with van der Waals surface area (Å²) >= 11 is 0. The minimum atomic E-state index is -0.362. The number of nitrogens with two attached hydrogens (primary N) is 1. The summed E-state index contributed by atoms with van der Waals surface area (Å²) < 4.78 is 0. The molecule has 0 unspecified atom stereocenters. The Kier molecular flexibility index (Phi) is 3.58. The molecule has 0 aliphatic carbocycles. The van der Waals surface area contributed by atoms with Crippen molar-refractivity contribution in [3.8, 4) is 0 Å². The van der Waals surface area contributed by atoms with E-state index in [2.05, 4.69) is 4.98 Å². The summed E-state index contributed by atoms with van der Waals surface area (Å²) in [6, 6.07) is 13.0. The first-order chi connectivity index (χ1) is 10.2. The predicted octanol–water partition coefficient (Wildman–Crippen LogP) is 0.942. The van der Waals surface area contributed by atoms with Gasteiger partial charge in [-0.25, -0.2) is 0 Å². The predicted molar refractivity (Wildman–Crippen MR) is 80.1 cm³/mol. The van der Waals surface area contributed by atoms with Crippen molar-refractivity contribution in [2.75, 3.05) is 13.1 Å². The summed E-state index contributed by atoms with van der Waals surface area (Å²) in [6.07, 6.45) is 1.52. The molecule has 1 aromatic heterocycles. The Morgan fingerprint density at radius 3 is 2.62 bits per heavy atom. The van der Waals surface area contributed by atoms with Gasteiger partial charge in [0.05, 0.1) is 0 Å². The second-order valence-corrected chi connectivity index (χ2v) is 5.30. The van der Waals surface area contributed by atoms with Crippen molar-refractivity contribution >= 4 is 5.91 Å². The number of carbonyl (C=O) groups excluding carboxylic acids is 1. The normalized spacial score (nSPS) is 21.5. The van der Waals surface area contributed by atoms with E-state index >= 15 is 0 Å². The van der Waals surface area contributed by atoms with Gasteiger partial charge in [-0.1, -0.05) is 30.3 Å². The number of hydrogen-bond acceptors (Lipinski definition) is 3. The van der Waals surface area contributed by atoms with Crippen LogP contribution in [-0.4, -0.2) is 34.9 Å². The third-order valence-electron chi connectivity index (χ3n) is 3.93. The van der Waals surface area contributed by atoms with Crippen LogP contribution >= 0.6 is 0 Å². The summed E-state index contributed by atoms with van der Waals surface area (Å²) in [6.45, 7) is 1.01. The first kappa shape index (κ1) is 13.6. The fourth-order valence-electron chi connectivity index (χ4n) is 2.81. The molecule has 5 nitrogen and oxygen atoms in total. The van der Waals surface area contributed by atoms with E-state index in [-0.39, 0.29) is 29.0 Å². The average molecular weight is 283 g/mol. The van der Waals surface area contributed by atoms with E-state index in [4.69, 9.17) is 5.73 Å². The number of benzene rings is 1. The molecule has 108 valence electrons. The second-order valence-electron chi connectivity index (χ2n) is 5.30. The topological polar surface area (TPSA) is 79.2 Å². The smallest absolute Gasteiger partial charge is 0.260 e. The fraction of sp³-hybridized carbons (Fsp3) is 0.250. The fourth-order valence-corrected chi connectivity index (χ4v) is 2.81. The highest BCUT2D eigenvalue weighted by atomic mass is 16.2. The van der Waals surface area contributed by atoms with Crippen LogP contribution in [0, 0.1) is 0 Å². The lowest BCUT2D eigenvalue weighted by molar-refractivity contribution is 0.0787. The number of carbonyl (C=O) groups is 1. The van der Waals surface area contributed by atoms with Crippen LogP contribution in [0.4, 0.5) is 0 Å². The minimum Gasteiger partial charge on any atom is -0.336 e. The number of pyridine rings is 1. The average Bonchev–Trinajstić information content (AvgIpc) is 2.90. The van der Waals surface area contributed by atoms with Crippen molar-refractivity contribution < 1.29 is 4.79 Å². The van der Waals surface area contributed by atoms with E-state index in [0.29, 0.717) is 13.1 Å². The molecule has 0 spiro atoms. The highest BCUT2D eigenvalue weighted by molar-refractivity contribution is 5.94. The molecule has 1 aliphatic heterocycles. The standard InChI is InChI=1S/C16H17N3O2/c17-14-10-19(9-13(14)11-5-2-1-3-6-11)16(21)12-7-4-8-18-15(12)20/h1-8,13-14H,9-10,17H2,(H,18,20)/t13-,14+/m1/s1. The maximum absolute atomic E-state index is 12.4. The van der Waals surface area contributed by atoms with Crippen LogP contribution in [0.5, 0.6) is 0 Å². The Bertz CT molecular complexity index is 696. The van der Waals surface area contributed by atoms with E-state index in [1.54, 1.807) is 17.0 Å². The third kappa shape index (κ3) is 2.60. The van der Waals surface area contributed by atoms with Gasteiger partial charge in [-0.3, -0.25) is 9.59 Å². The van der Waals surface area contributed by atoms with Crippen LogP contribution in [-0.2, 0) is 0 Å². The third-order valence-corrected chi connectivity index (χ3v) is 3.93. The van der Waals surface area contributed by atoms with Gasteiger partial charge in [0.2, 0.25) is 0 Å². The summed E-state index contributed by atoms with van der Waals surface area (Å²) in [5, 5.41) is 0. The summed E-state index contributed by atoms with van der Waals surface area (Å²) in [7, 11) is 0. The largest absolute Gasteiger partial charge is 0.336 e. The van der Waals surface area contributed by atoms with Crippen LogP contribution < -0.4 is 11.3 Å². The quantitative estimate of drug-likeness (QED) is 0.861. The Morgan fingerprint density at radius 1 is 1.14 bits per heavy atom. The lowest BCUT2D eigenvalue weighted by Crippen LogP contribution is -2.35. The molecule has 5 heteroatoms. The van der Waals surface area contributed by atoms with Crippen LogP contribution in [0.2, 0.25) is 0 Å². The van der Waals surface area contributed by atoms with Crippen LogP contribution in [0.1, 0.15) is 21.8 Å². The van der Waals surface area contributed by atoms with Gasteiger partial charge < -0.3 is 15.6 Å². The Labute approximate surface area is 122 Å². The zero-order valence-electron chi connectivity index (χ0n) is 11.5. The molecule has 1 aliphatic rings. The number of hydrogen-bond donors (Lipinski definition) is 2. The van der Waals surface area contributed by atoms with Crippen molar-refractivity contribution in [2.24, 2.45) is 5.73 Å². The Hall–Kier alpha value is -2.40. The van der Waals surface area contributed by atoms with Gasteiger partial charge in [0, 0.05) is 31.2 Å². The molecule has 1 amide bonds. The van der Waals surface area contributed by atoms with Gasteiger partial charge in [0.25, 0.3) is 11.5 Å². The SMILES string of the molecule is N[C@H]1CN(C(=O)c2ccc[nH]c2=O)C[C@@H]1c1ccccc1. The first-order valence-electron chi connectivity index (χ1n) is 6.94. The molecule has 1 aromatic carbocycles. The Morgan fingerprint density at radius 2 is 1.90 bits per heavy atom. The molecule has 2 aromatic rings. The van der Waals surface area contributed by atoms with E-state index in [1.807, 2.05) is 30.3 Å². The van der Waals surface area contributed by atoms with E-state index in [9.17, 15) is 9.59 Å². The van der Waals surface area contributed by atoms with Crippen LogP contribution in [0.3, 0.4) is 0 Å². The zero-order valence-corrected chi connectivity index (χ0v) is 11.5. The molecule has 2 heterocycles. The van der Waals surface area contributed by atoms with Crippen LogP contribution in [0.25, 0.3) is 0 Å². The molecule has 1 fully saturated rings. The summed E-state index contributed by atoms with van der Waals surface area (Å²) in [5.41, 5.74) is 7.11. The van der Waals surface area contributed by atoms with Gasteiger partial charge >= 0.3 is 0 Å². The van der Waals surface area contributed by atoms with Crippen molar-refractivity contribution in [3.63, 3.8) is 0 Å². The molecular weight excluding hydrogens is 266 g/mol. The molecule has 3 rings (SSSR count). The lowest BCUT2D eigenvalue weighted by atomic mass is 9.95. The number of H-pyrrole nitrogens is 1. The first-order valence-corrected chi connectivity index (χ1v) is 6.94. The van der Waals surface area contributed by atoms with Gasteiger partial charge in [-0.05, 0) is 17.7 Å². The van der Waals surface area contributed by atoms with Gasteiger partial charge in [0.1, 0.15) is 5.56 Å². The molecule has 1 saturated heterocycles. The lowest BCUT2D eigenvalue weighted by Gasteiger charge is -2.16. The molecule has 0 saturated carbocycles. The van der Waals surface area contributed by atoms with Crippen LogP contribution in [0.15, 0.2) is 53.5 Å². The maximum Gasteiger partial charge on any atom is 0.260 e. The van der Waals surface area contributed by atoms with Gasteiger partial charge in [0.15, 0.2) is 0 Å². The number of nitrogens with zero attached hydrogens (tertiary/aromatic N) is 1. The van der Waals surface area contributed by atoms with Crippen molar-refractivity contribution in [1.82, 2.24) is 9.88 Å². The number of nitrogens with one attached hydrogen (secondary N) is 1. The molecule has 21 heavy (non-hydrogen) atoms. The number of rotatable bonds is 2. The van der Waals surface area contributed by atoms with Crippen molar-refractivity contribution in [2.45, 2.75) is 12.0 Å². The second kappa shape index (κ2) is 5.54. The maximum atomic E-state index is 12.4. The summed E-state index contributed by atoms with van der Waals surface area (Å²) in [5.74, 6) is -0.149. The molecule has 0 radical (unpaired) electrons. The van der Waals surface area contributed by atoms with Crippen molar-refractivity contribution in [3.05, 3.63) is 70.1 Å². The summed E-state index contributed by atoms with van der Waals surface area (Å²) in [4.78, 5) is 28.3. The number of aromatic amines is 1. The Balaban J connectivity index is 1.82. The number of aromatic nitrogens is 1. The van der Waals surface area contributed by atoms with Gasteiger partial charge in [-0.2, -0.15) is 0 Å². The molecule has 2 atom stereocenters. The van der Waals surface area contributed by atoms with E-state index in [1.165, 1.54) is 6.20 Å². The highest BCUT2D eigenvalue weighted by Crippen LogP contribution is 2.26. The molecular formula is C16H17N3O2. The number of amides is 1. The van der Waals surface area contributed by atoms with Crippen molar-refractivity contribution in [1.29, 1.82) is 0 Å². The van der Waals surface area contributed by atoms with E-state index in [0.717, 1.165) is 5.56 Å². The highest BCUT2D eigenvalue weighted by Gasteiger charge is 2.34. The monoisotopic (exact) mass is 283 g/mol. The molecule has 0 bridgehead atoms. The number of likely N-dealkylation sites (tertiary alicyclic amines) is 1. The van der Waals surface area contributed by atoms with Gasteiger partial charge in [-0.15, -0.1) is 0 Å². The zero-order chi connectivity index (χ0) is 14.8.